The first-order valence-electron chi connectivity index (χ1n) is 32.9. The number of carbonyl (C=O) groups is 3. The highest BCUT2D eigenvalue weighted by Gasteiger charge is 2.71. The largest absolute Gasteiger partial charge is 0.508 e. The van der Waals surface area contributed by atoms with Crippen LogP contribution in [0.2, 0.25) is 0 Å². The van der Waals surface area contributed by atoms with Gasteiger partial charge in [0.2, 0.25) is 0 Å². The zero-order valence-corrected chi connectivity index (χ0v) is 53.9. The van der Waals surface area contributed by atoms with E-state index in [0.29, 0.717) is 23.7 Å². The van der Waals surface area contributed by atoms with Gasteiger partial charge in [-0.3, -0.25) is 14.4 Å². The van der Waals surface area contributed by atoms with E-state index in [4.69, 9.17) is 14.2 Å². The first kappa shape index (κ1) is 63.0. The lowest BCUT2D eigenvalue weighted by molar-refractivity contribution is -0.211. The van der Waals surface area contributed by atoms with E-state index in [9.17, 15) is 29.7 Å². The average Bonchev–Trinajstić information content (AvgIpc) is 1.67. The number of ether oxygens (including phenoxy) is 3. The van der Waals surface area contributed by atoms with Crippen LogP contribution >= 0.6 is 0 Å². The van der Waals surface area contributed by atoms with Gasteiger partial charge in [0.05, 0.1) is 16.2 Å². The van der Waals surface area contributed by atoms with Gasteiger partial charge in [0.15, 0.2) is 0 Å². The van der Waals surface area contributed by atoms with Crippen molar-refractivity contribution in [3.63, 3.8) is 0 Å². The van der Waals surface area contributed by atoms with E-state index >= 15 is 0 Å². The molecular formula is C74H108O9. The number of rotatable bonds is 17. The van der Waals surface area contributed by atoms with Gasteiger partial charge in [0.1, 0.15) is 34.1 Å². The molecule has 8 bridgehead atoms. The Bertz CT molecular complexity index is 2720. The van der Waals surface area contributed by atoms with Crippen molar-refractivity contribution in [3.8, 4) is 17.2 Å². The maximum Gasteiger partial charge on any atom is 0.312 e. The molecule has 9 saturated carbocycles. The second kappa shape index (κ2) is 23.3. The van der Waals surface area contributed by atoms with E-state index in [0.717, 1.165) is 91.2 Å². The molecule has 0 saturated heterocycles. The van der Waals surface area contributed by atoms with Crippen LogP contribution in [0.25, 0.3) is 0 Å². The number of esters is 3. The third kappa shape index (κ3) is 12.0. The molecule has 0 heterocycles. The van der Waals surface area contributed by atoms with Gasteiger partial charge in [0.25, 0.3) is 0 Å². The number of phenols is 3. The van der Waals surface area contributed by atoms with Crippen LogP contribution in [0.15, 0.2) is 72.8 Å². The summed E-state index contributed by atoms with van der Waals surface area (Å²) in [7, 11) is 0. The fourth-order valence-corrected chi connectivity index (χ4v) is 19.8. The Kier molecular flexibility index (Phi) is 17.7. The number of fused-ring (bicyclic) bond motifs is 7. The maximum absolute atomic E-state index is 13.7. The van der Waals surface area contributed by atoms with Crippen LogP contribution in [0.1, 0.15) is 254 Å². The molecule has 12 rings (SSSR count). The van der Waals surface area contributed by atoms with Gasteiger partial charge in [-0.1, -0.05) is 98.2 Å². The van der Waals surface area contributed by atoms with Crippen LogP contribution in [-0.4, -0.2) is 50.0 Å². The molecule has 0 amide bonds. The first-order chi connectivity index (χ1) is 38.8. The van der Waals surface area contributed by atoms with Crippen molar-refractivity contribution >= 4 is 17.9 Å². The minimum absolute atomic E-state index is 0.0155. The van der Waals surface area contributed by atoms with Crippen LogP contribution < -0.4 is 0 Å². The molecule has 3 aromatic rings. The van der Waals surface area contributed by atoms with Gasteiger partial charge in [-0.15, -0.1) is 0 Å². The molecule has 9 aliphatic carbocycles. The summed E-state index contributed by atoms with van der Waals surface area (Å²) < 4.78 is 19.3. The topological polar surface area (TPSA) is 140 Å². The summed E-state index contributed by atoms with van der Waals surface area (Å²) in [6.07, 6.45) is 20.3. The van der Waals surface area contributed by atoms with Crippen molar-refractivity contribution in [1.82, 2.24) is 0 Å². The molecular weight excluding hydrogens is 1030 g/mol. The van der Waals surface area contributed by atoms with Gasteiger partial charge >= 0.3 is 17.9 Å². The minimum Gasteiger partial charge on any atom is -0.508 e. The summed E-state index contributed by atoms with van der Waals surface area (Å²) >= 11 is 0. The Morgan fingerprint density at radius 2 is 0.988 bits per heavy atom. The van der Waals surface area contributed by atoms with Gasteiger partial charge in [-0.2, -0.15) is 0 Å². The highest BCUT2D eigenvalue weighted by atomic mass is 16.6. The van der Waals surface area contributed by atoms with Crippen molar-refractivity contribution in [3.05, 3.63) is 89.5 Å². The molecule has 3 aromatic carbocycles. The Hall–Kier alpha value is -4.53. The summed E-state index contributed by atoms with van der Waals surface area (Å²) in [5.41, 5.74) is 1.09. The van der Waals surface area contributed by atoms with Gasteiger partial charge in [0, 0.05) is 16.7 Å². The smallest absolute Gasteiger partial charge is 0.312 e. The van der Waals surface area contributed by atoms with Crippen molar-refractivity contribution < 1.29 is 43.9 Å². The van der Waals surface area contributed by atoms with Crippen molar-refractivity contribution in [2.75, 3.05) is 0 Å². The Balaban J connectivity index is 0.000000150. The van der Waals surface area contributed by atoms with E-state index in [1.807, 2.05) is 64.1 Å². The van der Waals surface area contributed by atoms with Crippen molar-refractivity contribution in [2.24, 2.45) is 80.3 Å². The summed E-state index contributed by atoms with van der Waals surface area (Å²) in [5, 5.41) is 28.6. The molecule has 12 unspecified atom stereocenters. The second-order valence-corrected chi connectivity index (χ2v) is 31.7. The lowest BCUT2D eigenvalue weighted by Crippen LogP contribution is -2.58. The van der Waals surface area contributed by atoms with Crippen molar-refractivity contribution in [2.45, 2.75) is 254 Å². The molecule has 9 aliphatic rings. The van der Waals surface area contributed by atoms with Crippen LogP contribution in [0.3, 0.4) is 0 Å². The molecule has 0 spiro atoms. The predicted molar refractivity (Wildman–Crippen MR) is 331 cm³/mol. The second-order valence-electron chi connectivity index (χ2n) is 31.7. The Morgan fingerprint density at radius 1 is 0.542 bits per heavy atom. The Labute approximate surface area is 500 Å². The lowest BCUT2D eigenvalue weighted by Gasteiger charge is -2.59. The fraction of sp³-hybridized carbons (Fsp3) is 0.716. The standard InChI is InChI=1S/C26H40O3.2C24H34O3/c1-8-24(6,16-18(3)19-10-12-21(27)13-11-19)22(28)29-26(9-2)23(4,5)20-14-15-25(26,7)17-20;1-15(18-5-7-21(25)8-6-18)14-23(2,3)22(26)27-24(4)19-10-16-9-17(12-19)13-20(24)11-16;1-15(16-8-10-18(25)11-9-16)13-23(2,3)22(26)27-24(4)14-17-12-21(24)20-7-5-6-19(17)20/h10-13,18,20,27H,8-9,14-17H2,1-7H3;5-8,15-17,19-20,25H,9-14H2,1-4H3;8-11,15,17,19-21,25H,5-7,12-14H2,1-4H3. The summed E-state index contributed by atoms with van der Waals surface area (Å²) in [5.74, 6) is 7.96. The quantitative estimate of drug-likeness (QED) is 0.0890. The van der Waals surface area contributed by atoms with E-state index in [1.165, 1.54) is 70.6 Å². The zero-order chi connectivity index (χ0) is 60.5. The minimum atomic E-state index is -0.520. The number of carbonyl (C=O) groups excluding carboxylic acids is 3. The molecule has 0 aromatic heterocycles. The molecule has 9 heteroatoms. The van der Waals surface area contributed by atoms with E-state index in [1.54, 1.807) is 36.4 Å². The Morgan fingerprint density at radius 3 is 1.42 bits per heavy atom. The highest BCUT2D eigenvalue weighted by Crippen LogP contribution is 2.71. The molecule has 9 fully saturated rings. The molecule has 0 aliphatic heterocycles. The van der Waals surface area contributed by atoms with E-state index in [2.05, 4.69) is 76.2 Å². The number of aromatic hydroxyl groups is 3. The van der Waals surface area contributed by atoms with E-state index in [-0.39, 0.29) is 80.5 Å². The summed E-state index contributed by atoms with van der Waals surface area (Å²) in [4.78, 5) is 40.1. The normalized spacial score (nSPS) is 35.0. The molecule has 9 nitrogen and oxygen atoms in total. The molecule has 458 valence electrons. The monoisotopic (exact) mass is 1140 g/mol. The number of hydrogen-bond acceptors (Lipinski definition) is 9. The van der Waals surface area contributed by atoms with Crippen LogP contribution in [0.4, 0.5) is 0 Å². The third-order valence-corrected chi connectivity index (χ3v) is 24.9. The third-order valence-electron chi connectivity index (χ3n) is 24.9. The zero-order valence-electron chi connectivity index (χ0n) is 53.9. The SMILES string of the molecule is CC(CC(C)(C)C(=O)OC1(C)C2CC3CC(C2)CC1C3)c1ccc(O)cc1.CC(CC(C)(C)C(=O)OC1(C)CC2CC1C1CCCC21)c1ccc(O)cc1.CCC(C)(CC(C)c1ccc(O)cc1)C(=O)OC1(CC)C2(C)CCC(C2)C1(C)C. The fourth-order valence-electron chi connectivity index (χ4n) is 19.8. The number of benzene rings is 3. The maximum atomic E-state index is 13.7. The highest BCUT2D eigenvalue weighted by molar-refractivity contribution is 5.78. The molecule has 83 heavy (non-hydrogen) atoms. The number of hydrogen-bond donors (Lipinski definition) is 3. The molecule has 0 radical (unpaired) electrons. The summed E-state index contributed by atoms with van der Waals surface area (Å²) in [6.45, 7) is 32.3. The van der Waals surface area contributed by atoms with Gasteiger partial charge in [-0.25, -0.2) is 0 Å². The predicted octanol–water partition coefficient (Wildman–Crippen LogP) is 18.2. The average molecular weight is 1140 g/mol. The van der Waals surface area contributed by atoms with Gasteiger partial charge < -0.3 is 29.5 Å². The molecule has 12 atom stereocenters. The van der Waals surface area contributed by atoms with Crippen LogP contribution in [0.5, 0.6) is 17.2 Å². The molecule has 3 N–H and O–H groups in total. The number of phenolic OH excluding ortho intramolecular Hbond substituents is 3. The summed E-state index contributed by atoms with van der Waals surface area (Å²) in [6, 6.07) is 22.0. The van der Waals surface area contributed by atoms with Crippen LogP contribution in [0, 0.1) is 80.3 Å². The van der Waals surface area contributed by atoms with Crippen LogP contribution in [-0.2, 0) is 28.6 Å². The van der Waals surface area contributed by atoms with Crippen molar-refractivity contribution in [1.29, 1.82) is 0 Å². The lowest BCUT2D eigenvalue weighted by atomic mass is 9.50. The van der Waals surface area contributed by atoms with Gasteiger partial charge in [-0.05, 0) is 276 Å². The first-order valence-corrected chi connectivity index (χ1v) is 32.9. The van der Waals surface area contributed by atoms with E-state index < -0.39 is 16.2 Å².